The van der Waals surface area contributed by atoms with Crippen molar-refractivity contribution in [1.29, 1.82) is 0 Å². The van der Waals surface area contributed by atoms with E-state index in [1.54, 1.807) is 0 Å². The summed E-state index contributed by atoms with van der Waals surface area (Å²) in [4.78, 5) is 35.5. The monoisotopic (exact) mass is 384 g/mol. The molecule has 7 heteroatoms. The Kier molecular flexibility index (Phi) is 15.5. The van der Waals surface area contributed by atoms with E-state index in [0.29, 0.717) is 19.4 Å². The van der Waals surface area contributed by atoms with E-state index in [1.807, 2.05) is 0 Å². The van der Waals surface area contributed by atoms with Crippen molar-refractivity contribution in [3.8, 4) is 0 Å². The first-order chi connectivity index (χ1) is 12.9. The minimum atomic E-state index is -0.691. The Morgan fingerprint density at radius 1 is 0.778 bits per heavy atom. The molecule has 158 valence electrons. The van der Waals surface area contributed by atoms with Crippen LogP contribution in [0.3, 0.4) is 0 Å². The fourth-order valence-corrected chi connectivity index (χ4v) is 3.05. The van der Waals surface area contributed by atoms with Crippen molar-refractivity contribution in [1.82, 2.24) is 10.6 Å². The average Bonchev–Trinajstić information content (AvgIpc) is 2.61. The van der Waals surface area contributed by atoms with Gasteiger partial charge in [0.15, 0.2) is 0 Å². The molecule has 0 aromatic carbocycles. The van der Waals surface area contributed by atoms with Gasteiger partial charge in [-0.2, -0.15) is 0 Å². The number of nitrogens with two attached hydrogens (primary N) is 2. The van der Waals surface area contributed by atoms with Crippen molar-refractivity contribution in [3.63, 3.8) is 0 Å². The number of amides is 3. The summed E-state index contributed by atoms with van der Waals surface area (Å²) >= 11 is 0. The molecular formula is C20H40N4O3. The first-order valence-corrected chi connectivity index (χ1v) is 10.5. The van der Waals surface area contributed by atoms with E-state index in [2.05, 4.69) is 17.6 Å². The van der Waals surface area contributed by atoms with Crippen molar-refractivity contribution >= 4 is 17.7 Å². The maximum absolute atomic E-state index is 12.5. The largest absolute Gasteiger partial charge is 0.368 e. The molecule has 0 saturated heterocycles. The topological polar surface area (TPSA) is 127 Å². The minimum Gasteiger partial charge on any atom is -0.368 e. The summed E-state index contributed by atoms with van der Waals surface area (Å²) in [5.41, 5.74) is 10.9. The number of carbonyl (C=O) groups is 3. The Morgan fingerprint density at radius 3 is 1.81 bits per heavy atom. The standard InChI is InChI=1S/C20H40N4O3/c1-3-4-5-6-7-8-9-10-13-17(19(22)26)24-20(27)18(23-16(2)25)14-11-12-15-21/h17-18H,3-15,21H2,1-2H3,(H2,22,26)(H,23,25)(H,24,27). The molecule has 0 radical (unpaired) electrons. The third kappa shape index (κ3) is 14.1. The van der Waals surface area contributed by atoms with Crippen LogP contribution in [0.25, 0.3) is 0 Å². The van der Waals surface area contributed by atoms with Gasteiger partial charge in [-0.25, -0.2) is 0 Å². The van der Waals surface area contributed by atoms with Gasteiger partial charge in [0, 0.05) is 6.92 Å². The summed E-state index contributed by atoms with van der Waals surface area (Å²) < 4.78 is 0. The van der Waals surface area contributed by atoms with Crippen LogP contribution in [-0.4, -0.2) is 36.3 Å². The second-order valence-electron chi connectivity index (χ2n) is 7.26. The SMILES string of the molecule is CCCCCCCCCCC(NC(=O)C(CCCCN)NC(C)=O)C(N)=O. The molecule has 2 unspecified atom stereocenters. The fraction of sp³-hybridized carbons (Fsp3) is 0.850. The molecule has 0 saturated carbocycles. The lowest BCUT2D eigenvalue weighted by molar-refractivity contribution is -0.131. The van der Waals surface area contributed by atoms with E-state index in [-0.39, 0.29) is 11.8 Å². The second kappa shape index (κ2) is 16.5. The molecule has 0 heterocycles. The maximum Gasteiger partial charge on any atom is 0.243 e. The highest BCUT2D eigenvalue weighted by atomic mass is 16.2. The molecule has 0 aliphatic carbocycles. The molecule has 0 bridgehead atoms. The Labute approximate surface area is 164 Å². The van der Waals surface area contributed by atoms with Gasteiger partial charge in [0.2, 0.25) is 17.7 Å². The van der Waals surface area contributed by atoms with Crippen molar-refractivity contribution in [2.24, 2.45) is 11.5 Å². The van der Waals surface area contributed by atoms with Gasteiger partial charge in [-0.3, -0.25) is 14.4 Å². The lowest BCUT2D eigenvalue weighted by atomic mass is 10.0. The van der Waals surface area contributed by atoms with Crippen molar-refractivity contribution in [2.75, 3.05) is 6.54 Å². The summed E-state index contributed by atoms with van der Waals surface area (Å²) in [6.45, 7) is 4.11. The number of nitrogens with one attached hydrogen (secondary N) is 2. The van der Waals surface area contributed by atoms with E-state index in [4.69, 9.17) is 11.5 Å². The number of carbonyl (C=O) groups excluding carboxylic acids is 3. The van der Waals surface area contributed by atoms with Gasteiger partial charge >= 0.3 is 0 Å². The van der Waals surface area contributed by atoms with Gasteiger partial charge < -0.3 is 22.1 Å². The molecule has 7 nitrogen and oxygen atoms in total. The van der Waals surface area contributed by atoms with Crippen LogP contribution in [0.15, 0.2) is 0 Å². The maximum atomic E-state index is 12.5. The molecule has 0 aromatic heterocycles. The second-order valence-corrected chi connectivity index (χ2v) is 7.26. The van der Waals surface area contributed by atoms with Gasteiger partial charge in [0.25, 0.3) is 0 Å². The summed E-state index contributed by atoms with van der Waals surface area (Å²) in [6, 6.07) is -1.35. The van der Waals surface area contributed by atoms with Gasteiger partial charge in [-0.1, -0.05) is 58.3 Å². The van der Waals surface area contributed by atoms with Gasteiger partial charge in [0.1, 0.15) is 12.1 Å². The normalized spacial score (nSPS) is 13.0. The van der Waals surface area contributed by atoms with Crippen molar-refractivity contribution < 1.29 is 14.4 Å². The van der Waals surface area contributed by atoms with E-state index in [9.17, 15) is 14.4 Å². The number of unbranched alkanes of at least 4 members (excludes halogenated alkanes) is 8. The summed E-state index contributed by atoms with van der Waals surface area (Å²) in [6.07, 6.45) is 11.8. The zero-order valence-corrected chi connectivity index (χ0v) is 17.2. The van der Waals surface area contributed by atoms with Crippen LogP contribution in [0.5, 0.6) is 0 Å². The van der Waals surface area contributed by atoms with Crippen LogP contribution in [0.2, 0.25) is 0 Å². The average molecular weight is 385 g/mol. The van der Waals surface area contributed by atoms with E-state index < -0.39 is 18.0 Å². The van der Waals surface area contributed by atoms with Crippen LogP contribution in [0.4, 0.5) is 0 Å². The Morgan fingerprint density at radius 2 is 1.30 bits per heavy atom. The van der Waals surface area contributed by atoms with E-state index in [1.165, 1.54) is 39.0 Å². The van der Waals surface area contributed by atoms with Gasteiger partial charge in [-0.15, -0.1) is 0 Å². The number of hydrogen-bond acceptors (Lipinski definition) is 4. The summed E-state index contributed by atoms with van der Waals surface area (Å²) in [7, 11) is 0. The number of primary amides is 1. The van der Waals surface area contributed by atoms with Crippen LogP contribution in [0, 0.1) is 0 Å². The van der Waals surface area contributed by atoms with E-state index >= 15 is 0 Å². The third-order valence-electron chi connectivity index (χ3n) is 4.65. The predicted octanol–water partition coefficient (Wildman–Crippen LogP) is 2.12. The Hall–Kier alpha value is -1.63. The highest BCUT2D eigenvalue weighted by Gasteiger charge is 2.24. The first-order valence-electron chi connectivity index (χ1n) is 10.5. The molecule has 0 aromatic rings. The number of rotatable bonds is 17. The third-order valence-corrected chi connectivity index (χ3v) is 4.65. The lowest BCUT2D eigenvalue weighted by Gasteiger charge is -2.21. The zero-order chi connectivity index (χ0) is 20.5. The first kappa shape index (κ1) is 25.4. The van der Waals surface area contributed by atoms with Crippen LogP contribution in [-0.2, 0) is 14.4 Å². The lowest BCUT2D eigenvalue weighted by Crippen LogP contribution is -2.52. The number of hydrogen-bond donors (Lipinski definition) is 4. The summed E-state index contributed by atoms with van der Waals surface area (Å²) in [5.74, 6) is -1.16. The van der Waals surface area contributed by atoms with Crippen LogP contribution < -0.4 is 22.1 Å². The molecule has 0 rings (SSSR count). The van der Waals surface area contributed by atoms with Crippen molar-refractivity contribution in [2.45, 2.75) is 103 Å². The van der Waals surface area contributed by atoms with Gasteiger partial charge in [-0.05, 0) is 32.2 Å². The quantitative estimate of drug-likeness (QED) is 0.286. The molecule has 2 atom stereocenters. The predicted molar refractivity (Wildman–Crippen MR) is 109 cm³/mol. The molecule has 0 fully saturated rings. The van der Waals surface area contributed by atoms with Crippen LogP contribution >= 0.6 is 0 Å². The van der Waals surface area contributed by atoms with E-state index in [0.717, 1.165) is 32.1 Å². The van der Waals surface area contributed by atoms with Crippen LogP contribution in [0.1, 0.15) is 90.9 Å². The Balaban J connectivity index is 4.31. The molecule has 27 heavy (non-hydrogen) atoms. The molecule has 0 aliphatic rings. The Bertz CT molecular complexity index is 429. The van der Waals surface area contributed by atoms with Crippen molar-refractivity contribution in [3.05, 3.63) is 0 Å². The summed E-state index contributed by atoms with van der Waals surface area (Å²) in [5, 5.41) is 5.35. The molecule has 6 N–H and O–H groups in total. The molecular weight excluding hydrogens is 344 g/mol. The molecule has 0 spiro atoms. The highest BCUT2D eigenvalue weighted by Crippen LogP contribution is 2.11. The highest BCUT2D eigenvalue weighted by molar-refractivity contribution is 5.91. The molecule has 0 aliphatic heterocycles. The smallest absolute Gasteiger partial charge is 0.243 e. The molecule has 3 amide bonds. The fourth-order valence-electron chi connectivity index (χ4n) is 3.05. The van der Waals surface area contributed by atoms with Gasteiger partial charge in [0.05, 0.1) is 0 Å². The zero-order valence-electron chi connectivity index (χ0n) is 17.2. The minimum absolute atomic E-state index is 0.276.